The molecule has 4 nitrogen and oxygen atoms in total. The van der Waals surface area contributed by atoms with E-state index in [1.165, 1.54) is 11.1 Å². The van der Waals surface area contributed by atoms with Gasteiger partial charge in [-0.05, 0) is 43.4 Å². The van der Waals surface area contributed by atoms with E-state index in [4.69, 9.17) is 0 Å². The molecule has 0 unspecified atom stereocenters. The number of amides is 2. The van der Waals surface area contributed by atoms with Crippen LogP contribution in [0.1, 0.15) is 29.5 Å². The molecule has 4 rings (SSSR count). The Morgan fingerprint density at radius 2 is 1.78 bits per heavy atom. The Hall–Kier alpha value is -2.62. The zero-order chi connectivity index (χ0) is 18.8. The van der Waals surface area contributed by atoms with E-state index in [0.717, 1.165) is 37.1 Å². The van der Waals surface area contributed by atoms with Crippen molar-refractivity contribution in [3.63, 3.8) is 0 Å². The smallest absolute Gasteiger partial charge is 0.230 e. The van der Waals surface area contributed by atoms with Crippen molar-refractivity contribution in [2.24, 2.45) is 5.92 Å². The Balaban J connectivity index is 1.34. The monoisotopic (exact) mass is 362 g/mol. The molecule has 0 N–H and O–H groups in total. The molecule has 0 saturated carbocycles. The molecule has 0 atom stereocenters. The number of hydrogen-bond donors (Lipinski definition) is 0. The summed E-state index contributed by atoms with van der Waals surface area (Å²) in [5.41, 5.74) is 4.57. The van der Waals surface area contributed by atoms with Gasteiger partial charge < -0.3 is 9.80 Å². The van der Waals surface area contributed by atoms with Crippen LogP contribution in [0.15, 0.2) is 48.5 Å². The summed E-state index contributed by atoms with van der Waals surface area (Å²) >= 11 is 0. The average Bonchev–Trinajstić information content (AvgIpc) is 3.12. The van der Waals surface area contributed by atoms with Crippen molar-refractivity contribution >= 4 is 17.5 Å². The second-order valence-corrected chi connectivity index (χ2v) is 7.69. The van der Waals surface area contributed by atoms with Crippen LogP contribution in [0.4, 0.5) is 5.69 Å². The van der Waals surface area contributed by atoms with Crippen LogP contribution in [-0.4, -0.2) is 36.3 Å². The molecule has 1 saturated heterocycles. The number of aryl methyl sites for hydroxylation is 1. The molecule has 2 aliphatic heterocycles. The third-order valence-corrected chi connectivity index (χ3v) is 5.79. The highest BCUT2D eigenvalue weighted by atomic mass is 16.2. The number of hydrogen-bond acceptors (Lipinski definition) is 2. The molecule has 0 bridgehead atoms. The molecule has 2 amide bonds. The Morgan fingerprint density at radius 3 is 2.56 bits per heavy atom. The predicted molar refractivity (Wildman–Crippen MR) is 107 cm³/mol. The number of carbonyl (C=O) groups excluding carboxylic acids is 2. The number of fused-ring (bicyclic) bond motifs is 1. The van der Waals surface area contributed by atoms with Crippen molar-refractivity contribution in [2.75, 3.05) is 24.5 Å². The van der Waals surface area contributed by atoms with E-state index in [9.17, 15) is 9.59 Å². The van der Waals surface area contributed by atoms with Gasteiger partial charge in [0.05, 0.1) is 6.42 Å². The molecule has 140 valence electrons. The summed E-state index contributed by atoms with van der Waals surface area (Å²) in [6.07, 6.45) is 2.91. The molecule has 0 spiro atoms. The maximum Gasteiger partial charge on any atom is 0.230 e. The van der Waals surface area contributed by atoms with Gasteiger partial charge in [0.15, 0.2) is 0 Å². The third-order valence-electron chi connectivity index (χ3n) is 5.79. The van der Waals surface area contributed by atoms with Gasteiger partial charge in [-0.25, -0.2) is 0 Å². The van der Waals surface area contributed by atoms with Crippen molar-refractivity contribution in [1.82, 2.24) is 4.90 Å². The molecular weight excluding hydrogens is 336 g/mol. The Morgan fingerprint density at radius 1 is 1.00 bits per heavy atom. The number of piperidine rings is 1. The van der Waals surface area contributed by atoms with Crippen molar-refractivity contribution in [3.05, 3.63) is 65.2 Å². The van der Waals surface area contributed by atoms with Crippen LogP contribution >= 0.6 is 0 Å². The first-order chi connectivity index (χ1) is 13.1. The molecule has 4 heteroatoms. The summed E-state index contributed by atoms with van der Waals surface area (Å²) in [4.78, 5) is 29.5. The highest BCUT2D eigenvalue weighted by molar-refractivity contribution is 5.97. The summed E-state index contributed by atoms with van der Waals surface area (Å²) in [7, 11) is 0. The number of anilines is 1. The fourth-order valence-electron chi connectivity index (χ4n) is 4.27. The zero-order valence-electron chi connectivity index (χ0n) is 15.9. The predicted octanol–water partition coefficient (Wildman–Crippen LogP) is 3.37. The molecule has 2 heterocycles. The molecule has 0 radical (unpaired) electrons. The standard InChI is InChI=1S/C23H26N2O2/c1-17-5-4-6-18(15-17)16-22(26)24-12-9-20(10-13-24)23(27)25-14-11-19-7-2-3-8-21(19)25/h2-8,15,20H,9-14,16H2,1H3. The number of likely N-dealkylation sites (tertiary alicyclic amines) is 1. The summed E-state index contributed by atoms with van der Waals surface area (Å²) in [5, 5.41) is 0. The molecule has 1 fully saturated rings. The fourth-order valence-corrected chi connectivity index (χ4v) is 4.27. The SMILES string of the molecule is Cc1cccc(CC(=O)N2CCC(C(=O)N3CCc4ccccc43)CC2)c1. The summed E-state index contributed by atoms with van der Waals surface area (Å²) in [6.45, 7) is 4.18. The van der Waals surface area contributed by atoms with Crippen LogP contribution in [0.3, 0.4) is 0 Å². The lowest BCUT2D eigenvalue weighted by Gasteiger charge is -2.33. The van der Waals surface area contributed by atoms with Gasteiger partial charge in [-0.1, -0.05) is 48.0 Å². The number of para-hydroxylation sites is 1. The van der Waals surface area contributed by atoms with Crippen LogP contribution in [0.5, 0.6) is 0 Å². The minimum Gasteiger partial charge on any atom is -0.342 e. The molecular formula is C23H26N2O2. The highest BCUT2D eigenvalue weighted by Gasteiger charge is 2.33. The van der Waals surface area contributed by atoms with Gasteiger partial charge in [-0.3, -0.25) is 9.59 Å². The van der Waals surface area contributed by atoms with Gasteiger partial charge in [0, 0.05) is 31.2 Å². The van der Waals surface area contributed by atoms with E-state index < -0.39 is 0 Å². The molecule has 0 aliphatic carbocycles. The van der Waals surface area contributed by atoms with Crippen molar-refractivity contribution in [1.29, 1.82) is 0 Å². The summed E-state index contributed by atoms with van der Waals surface area (Å²) in [6, 6.07) is 16.3. The maximum atomic E-state index is 13.0. The first-order valence-corrected chi connectivity index (χ1v) is 9.84. The Labute approximate surface area is 160 Å². The second kappa shape index (κ2) is 7.55. The second-order valence-electron chi connectivity index (χ2n) is 7.69. The zero-order valence-corrected chi connectivity index (χ0v) is 15.9. The normalized spacial score (nSPS) is 17.1. The Kier molecular flexibility index (Phi) is 4.97. The van der Waals surface area contributed by atoms with Crippen molar-refractivity contribution in [3.8, 4) is 0 Å². The van der Waals surface area contributed by atoms with Gasteiger partial charge in [0.1, 0.15) is 0 Å². The molecule has 2 aromatic rings. The van der Waals surface area contributed by atoms with Crippen LogP contribution in [-0.2, 0) is 22.4 Å². The third kappa shape index (κ3) is 3.75. The van der Waals surface area contributed by atoms with Crippen LogP contribution in [0, 0.1) is 12.8 Å². The van der Waals surface area contributed by atoms with Crippen LogP contribution < -0.4 is 4.90 Å². The maximum absolute atomic E-state index is 13.0. The van der Waals surface area contributed by atoms with Gasteiger partial charge in [0.2, 0.25) is 11.8 Å². The number of nitrogens with zero attached hydrogens (tertiary/aromatic N) is 2. The fraction of sp³-hybridized carbons (Fsp3) is 0.391. The van der Waals surface area contributed by atoms with E-state index >= 15 is 0 Å². The lowest BCUT2D eigenvalue weighted by molar-refractivity contribution is -0.134. The van der Waals surface area contributed by atoms with E-state index in [1.807, 2.05) is 53.1 Å². The molecule has 27 heavy (non-hydrogen) atoms. The first-order valence-electron chi connectivity index (χ1n) is 9.84. The lowest BCUT2D eigenvalue weighted by atomic mass is 9.94. The van der Waals surface area contributed by atoms with Crippen molar-refractivity contribution in [2.45, 2.75) is 32.6 Å². The molecule has 0 aromatic heterocycles. The van der Waals surface area contributed by atoms with E-state index in [1.54, 1.807) is 0 Å². The van der Waals surface area contributed by atoms with Gasteiger partial charge >= 0.3 is 0 Å². The van der Waals surface area contributed by atoms with Gasteiger partial charge in [-0.2, -0.15) is 0 Å². The topological polar surface area (TPSA) is 40.6 Å². The molecule has 2 aromatic carbocycles. The van der Waals surface area contributed by atoms with Gasteiger partial charge in [-0.15, -0.1) is 0 Å². The van der Waals surface area contributed by atoms with Crippen LogP contribution in [0.2, 0.25) is 0 Å². The number of carbonyl (C=O) groups is 2. The van der Waals surface area contributed by atoms with E-state index in [2.05, 4.69) is 12.1 Å². The number of rotatable bonds is 3. The van der Waals surface area contributed by atoms with E-state index in [-0.39, 0.29) is 17.7 Å². The largest absolute Gasteiger partial charge is 0.342 e. The minimum atomic E-state index is 0.0270. The summed E-state index contributed by atoms with van der Waals surface area (Å²) in [5.74, 6) is 0.419. The van der Waals surface area contributed by atoms with Crippen LogP contribution in [0.25, 0.3) is 0 Å². The van der Waals surface area contributed by atoms with E-state index in [0.29, 0.717) is 19.5 Å². The summed E-state index contributed by atoms with van der Waals surface area (Å²) < 4.78 is 0. The quantitative estimate of drug-likeness (QED) is 0.840. The Bertz CT molecular complexity index is 853. The number of benzene rings is 2. The molecule has 2 aliphatic rings. The van der Waals surface area contributed by atoms with Gasteiger partial charge in [0.25, 0.3) is 0 Å². The highest BCUT2D eigenvalue weighted by Crippen LogP contribution is 2.31. The average molecular weight is 362 g/mol. The lowest BCUT2D eigenvalue weighted by Crippen LogP contribution is -2.44. The first kappa shape index (κ1) is 17.8. The van der Waals surface area contributed by atoms with Crippen molar-refractivity contribution < 1.29 is 9.59 Å². The minimum absolute atomic E-state index is 0.0270.